The number of benzene rings is 2. The van der Waals surface area contributed by atoms with E-state index in [4.69, 9.17) is 18.9 Å². The standard InChI is InChI=1S/C31H40NO4/c1-4-5-6-7-8-9-10-11-12-13-24-23-14-15-27(33-2)31(34-3)26(23)20-32-17-16-22-18-28-29(36-21-35-28)19-25(22)30(24)32/h14-15,18-20H,4-13,16-17,21H2,1-3H3/q+1. The van der Waals surface area contributed by atoms with Crippen LogP contribution in [-0.4, -0.2) is 21.0 Å². The van der Waals surface area contributed by atoms with E-state index in [0.717, 1.165) is 47.8 Å². The molecule has 3 aromatic rings. The number of pyridine rings is 1. The molecule has 0 unspecified atom stereocenters. The molecule has 0 spiro atoms. The number of hydrogen-bond acceptors (Lipinski definition) is 4. The molecule has 0 radical (unpaired) electrons. The number of fused-ring (bicyclic) bond motifs is 5. The molecule has 0 N–H and O–H groups in total. The lowest BCUT2D eigenvalue weighted by Crippen LogP contribution is -2.41. The second kappa shape index (κ2) is 11.4. The maximum absolute atomic E-state index is 5.85. The summed E-state index contributed by atoms with van der Waals surface area (Å²) in [5.41, 5.74) is 5.32. The Morgan fingerprint density at radius 2 is 1.56 bits per heavy atom. The first-order chi connectivity index (χ1) is 17.7. The molecule has 5 heteroatoms. The highest BCUT2D eigenvalue weighted by molar-refractivity contribution is 5.95. The second-order valence-electron chi connectivity index (χ2n) is 10.1. The van der Waals surface area contributed by atoms with Crippen molar-refractivity contribution in [2.24, 2.45) is 0 Å². The monoisotopic (exact) mass is 490 g/mol. The summed E-state index contributed by atoms with van der Waals surface area (Å²) in [4.78, 5) is 0. The first kappa shape index (κ1) is 24.7. The van der Waals surface area contributed by atoms with E-state index in [0.29, 0.717) is 6.79 Å². The van der Waals surface area contributed by atoms with Gasteiger partial charge in [-0.25, -0.2) is 0 Å². The number of rotatable bonds is 12. The van der Waals surface area contributed by atoms with Crippen LogP contribution in [0, 0.1) is 0 Å². The SMILES string of the molecule is CCCCCCCCCCCc1c2[n+](cc3c(OC)c(OC)ccc13)CCc1cc3c(cc1-2)OCO3. The third-order valence-electron chi connectivity index (χ3n) is 7.77. The van der Waals surface area contributed by atoms with E-state index in [1.807, 2.05) is 6.07 Å². The lowest BCUT2D eigenvalue weighted by Gasteiger charge is -2.21. The fourth-order valence-corrected chi connectivity index (χ4v) is 5.87. The summed E-state index contributed by atoms with van der Waals surface area (Å²) in [5, 5.41) is 2.37. The molecule has 3 heterocycles. The van der Waals surface area contributed by atoms with Crippen LogP contribution in [0.15, 0.2) is 30.5 Å². The summed E-state index contributed by atoms with van der Waals surface area (Å²) in [6.45, 7) is 3.52. The van der Waals surface area contributed by atoms with Gasteiger partial charge >= 0.3 is 0 Å². The minimum Gasteiger partial charge on any atom is -0.493 e. The highest BCUT2D eigenvalue weighted by Crippen LogP contribution is 2.44. The van der Waals surface area contributed by atoms with E-state index < -0.39 is 0 Å². The Labute approximate surface area is 215 Å². The van der Waals surface area contributed by atoms with Crippen LogP contribution in [0.2, 0.25) is 0 Å². The fraction of sp³-hybridized carbons (Fsp3) is 0.516. The van der Waals surface area contributed by atoms with Crippen molar-refractivity contribution in [3.05, 3.63) is 41.6 Å². The Morgan fingerprint density at radius 3 is 2.28 bits per heavy atom. The number of hydrogen-bond donors (Lipinski definition) is 0. The topological polar surface area (TPSA) is 40.8 Å². The number of aryl methyl sites for hydroxylation is 3. The molecule has 0 saturated carbocycles. The Balaban J connectivity index is 1.47. The van der Waals surface area contributed by atoms with Crippen molar-refractivity contribution in [3.63, 3.8) is 0 Å². The molecule has 5 rings (SSSR count). The molecular formula is C31H40NO4+. The van der Waals surface area contributed by atoms with Gasteiger partial charge in [0, 0.05) is 17.4 Å². The normalized spacial score (nSPS) is 13.5. The minimum absolute atomic E-state index is 0.304. The van der Waals surface area contributed by atoms with Crippen molar-refractivity contribution in [2.45, 2.75) is 84.1 Å². The molecule has 5 nitrogen and oxygen atoms in total. The molecule has 1 aromatic heterocycles. The van der Waals surface area contributed by atoms with Gasteiger partial charge in [0.1, 0.15) is 0 Å². The lowest BCUT2D eigenvalue weighted by molar-refractivity contribution is -0.686. The zero-order valence-electron chi connectivity index (χ0n) is 22.2. The zero-order valence-corrected chi connectivity index (χ0v) is 22.2. The van der Waals surface area contributed by atoms with Crippen LogP contribution < -0.4 is 23.5 Å². The molecular weight excluding hydrogens is 450 g/mol. The van der Waals surface area contributed by atoms with Crippen LogP contribution in [-0.2, 0) is 19.4 Å². The minimum atomic E-state index is 0.304. The van der Waals surface area contributed by atoms with Gasteiger partial charge in [-0.3, -0.25) is 0 Å². The van der Waals surface area contributed by atoms with Gasteiger partial charge in [-0.1, -0.05) is 58.3 Å². The van der Waals surface area contributed by atoms with Crippen molar-refractivity contribution >= 4 is 10.8 Å². The highest BCUT2D eigenvalue weighted by Gasteiger charge is 2.32. The smallest absolute Gasteiger partial charge is 0.231 e. The van der Waals surface area contributed by atoms with Crippen LogP contribution in [0.4, 0.5) is 0 Å². The Morgan fingerprint density at radius 1 is 0.833 bits per heavy atom. The number of aromatic nitrogens is 1. The summed E-state index contributed by atoms with van der Waals surface area (Å²) >= 11 is 0. The van der Waals surface area contributed by atoms with Crippen molar-refractivity contribution < 1.29 is 23.5 Å². The van der Waals surface area contributed by atoms with Crippen LogP contribution in [0.25, 0.3) is 22.0 Å². The number of ether oxygens (including phenoxy) is 4. The van der Waals surface area contributed by atoms with Gasteiger partial charge in [-0.05, 0) is 42.7 Å². The van der Waals surface area contributed by atoms with E-state index in [1.165, 1.54) is 85.6 Å². The molecule has 2 aliphatic rings. The summed E-state index contributed by atoms with van der Waals surface area (Å²) in [6.07, 6.45) is 16.2. The van der Waals surface area contributed by atoms with E-state index in [2.05, 4.69) is 35.9 Å². The molecule has 2 aliphatic heterocycles. The average molecular weight is 491 g/mol. The third kappa shape index (κ3) is 4.85. The van der Waals surface area contributed by atoms with Crippen LogP contribution in [0.1, 0.15) is 75.8 Å². The molecule has 36 heavy (non-hydrogen) atoms. The maximum atomic E-state index is 5.85. The first-order valence-corrected chi connectivity index (χ1v) is 13.8. The van der Waals surface area contributed by atoms with Gasteiger partial charge in [-0.15, -0.1) is 0 Å². The molecule has 0 atom stereocenters. The molecule has 0 saturated heterocycles. The summed E-state index contributed by atoms with van der Waals surface area (Å²) in [6, 6.07) is 8.63. The largest absolute Gasteiger partial charge is 0.493 e. The molecule has 192 valence electrons. The van der Waals surface area contributed by atoms with Crippen LogP contribution >= 0.6 is 0 Å². The van der Waals surface area contributed by atoms with Gasteiger partial charge in [0.05, 0.1) is 25.2 Å². The number of methoxy groups -OCH3 is 2. The quantitative estimate of drug-likeness (QED) is 0.199. The third-order valence-corrected chi connectivity index (χ3v) is 7.77. The Bertz CT molecular complexity index is 1220. The summed E-state index contributed by atoms with van der Waals surface area (Å²) < 4.78 is 25.3. The van der Waals surface area contributed by atoms with Crippen molar-refractivity contribution in [1.82, 2.24) is 0 Å². The van der Waals surface area contributed by atoms with Crippen molar-refractivity contribution in [2.75, 3.05) is 21.0 Å². The van der Waals surface area contributed by atoms with Gasteiger partial charge < -0.3 is 18.9 Å². The molecule has 0 fully saturated rings. The summed E-state index contributed by atoms with van der Waals surface area (Å²) in [5.74, 6) is 3.31. The molecule has 0 amide bonds. The molecule has 2 aromatic carbocycles. The van der Waals surface area contributed by atoms with Gasteiger partial charge in [0.25, 0.3) is 0 Å². The molecule has 0 bridgehead atoms. The van der Waals surface area contributed by atoms with Crippen molar-refractivity contribution in [3.8, 4) is 34.3 Å². The Kier molecular flexibility index (Phi) is 7.84. The van der Waals surface area contributed by atoms with E-state index in [-0.39, 0.29) is 0 Å². The predicted molar refractivity (Wildman–Crippen MR) is 143 cm³/mol. The van der Waals surface area contributed by atoms with E-state index >= 15 is 0 Å². The fourth-order valence-electron chi connectivity index (χ4n) is 5.87. The molecule has 0 aliphatic carbocycles. The van der Waals surface area contributed by atoms with E-state index in [9.17, 15) is 0 Å². The number of nitrogens with zero attached hydrogens (tertiary/aromatic N) is 1. The second-order valence-corrected chi connectivity index (χ2v) is 10.1. The predicted octanol–water partition coefficient (Wildman–Crippen LogP) is 7.17. The average Bonchev–Trinajstić information content (AvgIpc) is 3.37. The van der Waals surface area contributed by atoms with E-state index in [1.54, 1.807) is 14.2 Å². The summed E-state index contributed by atoms with van der Waals surface area (Å²) in [7, 11) is 3.44. The van der Waals surface area contributed by atoms with Crippen LogP contribution in [0.5, 0.6) is 23.0 Å². The highest BCUT2D eigenvalue weighted by atomic mass is 16.7. The first-order valence-electron chi connectivity index (χ1n) is 13.8. The zero-order chi connectivity index (χ0) is 24.9. The van der Waals surface area contributed by atoms with Gasteiger partial charge in [0.2, 0.25) is 12.5 Å². The van der Waals surface area contributed by atoms with Crippen molar-refractivity contribution in [1.29, 1.82) is 0 Å². The van der Waals surface area contributed by atoms with Gasteiger partial charge in [0.15, 0.2) is 35.7 Å². The Hall–Kier alpha value is -2.95. The number of unbranched alkanes of at least 4 members (excludes halogenated alkanes) is 8. The van der Waals surface area contributed by atoms with Gasteiger partial charge in [-0.2, -0.15) is 4.57 Å². The van der Waals surface area contributed by atoms with Crippen LogP contribution in [0.3, 0.4) is 0 Å². The lowest BCUT2D eigenvalue weighted by atomic mass is 9.89. The maximum Gasteiger partial charge on any atom is 0.231 e.